The van der Waals surface area contributed by atoms with E-state index in [2.05, 4.69) is 4.74 Å². The number of rotatable bonds is 7. The molecule has 0 amide bonds. The minimum Gasteiger partial charge on any atom is -0.494 e. The van der Waals surface area contributed by atoms with Gasteiger partial charge in [0.05, 0.1) is 13.7 Å². The zero-order valence-corrected chi connectivity index (χ0v) is 12.2. The molecule has 0 bridgehead atoms. The summed E-state index contributed by atoms with van der Waals surface area (Å²) in [6, 6.07) is 4.65. The standard InChI is InChI=1S/C15H22FNO3/c1-11-10-12(6-7-13(11)16)20-9-5-4-8-15(2,17)14(18)19-3/h6-7,10H,4-5,8-9,17H2,1-3H3. The number of aryl methyl sites for hydroxylation is 1. The number of ether oxygens (including phenoxy) is 2. The molecule has 5 heteroatoms. The molecule has 0 radical (unpaired) electrons. The Labute approximate surface area is 119 Å². The van der Waals surface area contributed by atoms with Crippen LogP contribution in [0.25, 0.3) is 0 Å². The SMILES string of the molecule is COC(=O)C(C)(N)CCCCOc1ccc(F)c(C)c1. The molecule has 0 aliphatic heterocycles. The number of methoxy groups -OCH3 is 1. The predicted octanol–water partition coefficient (Wildman–Crippen LogP) is 2.57. The van der Waals surface area contributed by atoms with E-state index in [1.807, 2.05) is 0 Å². The van der Waals surface area contributed by atoms with Crippen LogP contribution in [-0.4, -0.2) is 25.2 Å². The molecule has 0 aromatic heterocycles. The van der Waals surface area contributed by atoms with Gasteiger partial charge in [-0.2, -0.15) is 0 Å². The quantitative estimate of drug-likeness (QED) is 0.617. The first-order valence-electron chi connectivity index (χ1n) is 6.63. The maximum absolute atomic E-state index is 13.1. The van der Waals surface area contributed by atoms with Gasteiger partial charge in [0.2, 0.25) is 0 Å². The summed E-state index contributed by atoms with van der Waals surface area (Å²) in [6.07, 6.45) is 2.05. The average molecular weight is 283 g/mol. The normalized spacial score (nSPS) is 13.7. The number of benzene rings is 1. The van der Waals surface area contributed by atoms with Crippen molar-refractivity contribution in [1.82, 2.24) is 0 Å². The summed E-state index contributed by atoms with van der Waals surface area (Å²) in [7, 11) is 1.33. The number of carbonyl (C=O) groups excluding carboxylic acids is 1. The van der Waals surface area contributed by atoms with E-state index in [4.69, 9.17) is 10.5 Å². The number of carbonyl (C=O) groups is 1. The summed E-state index contributed by atoms with van der Waals surface area (Å²) in [5.41, 5.74) is 5.44. The molecule has 0 saturated carbocycles. The molecule has 0 aliphatic rings. The number of hydrogen-bond donors (Lipinski definition) is 1. The van der Waals surface area contributed by atoms with Crippen LogP contribution < -0.4 is 10.5 Å². The highest BCUT2D eigenvalue weighted by Gasteiger charge is 2.28. The molecule has 0 fully saturated rings. The van der Waals surface area contributed by atoms with E-state index in [1.165, 1.54) is 13.2 Å². The third-order valence-corrected chi connectivity index (χ3v) is 3.14. The summed E-state index contributed by atoms with van der Waals surface area (Å²) >= 11 is 0. The number of halogens is 1. The first-order chi connectivity index (χ1) is 9.36. The van der Waals surface area contributed by atoms with Crippen LogP contribution in [0, 0.1) is 12.7 Å². The minimum absolute atomic E-state index is 0.241. The van der Waals surface area contributed by atoms with Gasteiger partial charge in [-0.25, -0.2) is 4.39 Å². The molecule has 20 heavy (non-hydrogen) atoms. The van der Waals surface area contributed by atoms with Gasteiger partial charge in [-0.05, 0) is 56.9 Å². The van der Waals surface area contributed by atoms with Crippen molar-refractivity contribution >= 4 is 5.97 Å². The lowest BCUT2D eigenvalue weighted by Crippen LogP contribution is -2.45. The fraction of sp³-hybridized carbons (Fsp3) is 0.533. The van der Waals surface area contributed by atoms with Gasteiger partial charge >= 0.3 is 5.97 Å². The smallest absolute Gasteiger partial charge is 0.325 e. The molecule has 2 N–H and O–H groups in total. The Bertz CT molecular complexity index is 460. The third-order valence-electron chi connectivity index (χ3n) is 3.14. The average Bonchev–Trinajstić information content (AvgIpc) is 2.41. The third kappa shape index (κ3) is 4.81. The molecular formula is C15H22FNO3. The first-order valence-corrected chi connectivity index (χ1v) is 6.63. The topological polar surface area (TPSA) is 61.5 Å². The van der Waals surface area contributed by atoms with Crippen molar-refractivity contribution in [2.75, 3.05) is 13.7 Å². The molecule has 0 heterocycles. The van der Waals surface area contributed by atoms with E-state index in [0.717, 1.165) is 12.8 Å². The van der Waals surface area contributed by atoms with E-state index in [0.29, 0.717) is 24.3 Å². The Balaban J connectivity index is 2.28. The van der Waals surface area contributed by atoms with Gasteiger partial charge in [-0.1, -0.05) is 0 Å². The Morgan fingerprint density at radius 1 is 1.40 bits per heavy atom. The van der Waals surface area contributed by atoms with E-state index >= 15 is 0 Å². The summed E-state index contributed by atoms with van der Waals surface area (Å²) in [5, 5.41) is 0. The van der Waals surface area contributed by atoms with Gasteiger partial charge in [0.1, 0.15) is 17.1 Å². The predicted molar refractivity (Wildman–Crippen MR) is 75.1 cm³/mol. The number of esters is 1. The Hall–Kier alpha value is -1.62. The van der Waals surface area contributed by atoms with E-state index in [-0.39, 0.29) is 5.82 Å². The molecule has 1 aromatic rings. The highest BCUT2D eigenvalue weighted by atomic mass is 19.1. The van der Waals surface area contributed by atoms with Gasteiger partial charge in [-0.3, -0.25) is 4.79 Å². The van der Waals surface area contributed by atoms with Gasteiger partial charge in [0, 0.05) is 0 Å². The van der Waals surface area contributed by atoms with Crippen LogP contribution in [-0.2, 0) is 9.53 Å². The second-order valence-corrected chi connectivity index (χ2v) is 5.13. The molecule has 1 atom stereocenters. The maximum atomic E-state index is 13.1. The number of nitrogens with two attached hydrogens (primary N) is 1. The van der Waals surface area contributed by atoms with Crippen LogP contribution in [0.5, 0.6) is 5.75 Å². The molecule has 0 spiro atoms. The van der Waals surface area contributed by atoms with Gasteiger partial charge in [-0.15, -0.1) is 0 Å². The molecule has 0 saturated heterocycles. The van der Waals surface area contributed by atoms with Crippen LogP contribution in [0.4, 0.5) is 4.39 Å². The Morgan fingerprint density at radius 2 is 2.10 bits per heavy atom. The van der Waals surface area contributed by atoms with Crippen molar-refractivity contribution in [3.8, 4) is 5.75 Å². The van der Waals surface area contributed by atoms with Gasteiger partial charge in [0.25, 0.3) is 0 Å². The van der Waals surface area contributed by atoms with Crippen LogP contribution >= 0.6 is 0 Å². The molecule has 1 aromatic carbocycles. The summed E-state index contributed by atoms with van der Waals surface area (Å²) < 4.78 is 23.2. The zero-order valence-electron chi connectivity index (χ0n) is 12.2. The lowest BCUT2D eigenvalue weighted by atomic mass is 9.96. The Kier molecular flexibility index (Phi) is 5.95. The van der Waals surface area contributed by atoms with E-state index < -0.39 is 11.5 Å². The van der Waals surface area contributed by atoms with Gasteiger partial charge in [0.15, 0.2) is 0 Å². The fourth-order valence-electron chi connectivity index (χ4n) is 1.83. The first kappa shape index (κ1) is 16.4. The molecule has 4 nitrogen and oxygen atoms in total. The second-order valence-electron chi connectivity index (χ2n) is 5.13. The molecular weight excluding hydrogens is 261 g/mol. The van der Waals surface area contributed by atoms with E-state index in [1.54, 1.807) is 26.0 Å². The fourth-order valence-corrected chi connectivity index (χ4v) is 1.83. The molecule has 1 rings (SSSR count). The van der Waals surface area contributed by atoms with Gasteiger partial charge < -0.3 is 15.2 Å². The lowest BCUT2D eigenvalue weighted by molar-refractivity contribution is -0.146. The number of unbranched alkanes of at least 4 members (excludes halogenated alkanes) is 1. The van der Waals surface area contributed by atoms with Crippen molar-refractivity contribution in [2.24, 2.45) is 5.73 Å². The summed E-state index contributed by atoms with van der Waals surface area (Å²) in [5.74, 6) is -0.00529. The highest BCUT2D eigenvalue weighted by Crippen LogP contribution is 2.17. The van der Waals surface area contributed by atoms with E-state index in [9.17, 15) is 9.18 Å². The van der Waals surface area contributed by atoms with Crippen LogP contribution in [0.2, 0.25) is 0 Å². The second kappa shape index (κ2) is 7.24. The van der Waals surface area contributed by atoms with Crippen molar-refractivity contribution in [3.05, 3.63) is 29.6 Å². The maximum Gasteiger partial charge on any atom is 0.325 e. The zero-order chi connectivity index (χ0) is 15.2. The van der Waals surface area contributed by atoms with Crippen LogP contribution in [0.3, 0.4) is 0 Å². The monoisotopic (exact) mass is 283 g/mol. The van der Waals surface area contributed by atoms with Crippen molar-refractivity contribution < 1.29 is 18.7 Å². The molecule has 112 valence electrons. The summed E-state index contributed by atoms with van der Waals surface area (Å²) in [6.45, 7) is 3.85. The van der Waals surface area contributed by atoms with Crippen molar-refractivity contribution in [2.45, 2.75) is 38.6 Å². The largest absolute Gasteiger partial charge is 0.494 e. The minimum atomic E-state index is -0.957. The van der Waals surface area contributed by atoms with Crippen LogP contribution in [0.15, 0.2) is 18.2 Å². The Morgan fingerprint density at radius 3 is 2.70 bits per heavy atom. The molecule has 0 aliphatic carbocycles. The summed E-state index contributed by atoms with van der Waals surface area (Å²) in [4.78, 5) is 11.4. The molecule has 1 unspecified atom stereocenters. The van der Waals surface area contributed by atoms with Crippen molar-refractivity contribution in [1.29, 1.82) is 0 Å². The van der Waals surface area contributed by atoms with Crippen LogP contribution in [0.1, 0.15) is 31.7 Å². The number of hydrogen-bond acceptors (Lipinski definition) is 4. The highest BCUT2D eigenvalue weighted by molar-refractivity contribution is 5.79. The van der Waals surface area contributed by atoms with Crippen molar-refractivity contribution in [3.63, 3.8) is 0 Å². The lowest BCUT2D eigenvalue weighted by Gasteiger charge is -2.21.